The molecule has 0 aliphatic carbocycles. The predicted octanol–water partition coefficient (Wildman–Crippen LogP) is 3.32. The van der Waals surface area contributed by atoms with Gasteiger partial charge in [-0.05, 0) is 42.0 Å². The second-order valence-electron chi connectivity index (χ2n) is 9.44. The Labute approximate surface area is 204 Å². The standard InChI is InChI=1S/C28H28N4O3/c1-18-6-11-26(27(34)30-18)32-17-22-14-20(8-10-25(22)28(32)35)7-9-24(33)16-21-4-3-5-23(15-21)31-13-12-29-19(31)2/h3-5,8,10,12-15,19,26H,1,6-7,9,11,16-17H2,2H3/p+1. The van der Waals surface area contributed by atoms with Crippen LogP contribution in [0.1, 0.15) is 53.2 Å². The number of carbonyl (C=O) groups is 3. The lowest BCUT2D eigenvalue weighted by atomic mass is 9.99. The molecule has 2 aromatic carbocycles. The van der Waals surface area contributed by atoms with Gasteiger partial charge in [-0.25, -0.2) is 4.99 Å². The van der Waals surface area contributed by atoms with Crippen LogP contribution in [0.2, 0.25) is 0 Å². The summed E-state index contributed by atoms with van der Waals surface area (Å²) in [6.07, 6.45) is 6.52. The number of benzene rings is 2. The zero-order chi connectivity index (χ0) is 24.5. The van der Waals surface area contributed by atoms with E-state index in [0.29, 0.717) is 49.9 Å². The monoisotopic (exact) mass is 469 g/mol. The van der Waals surface area contributed by atoms with Crippen LogP contribution in [0.25, 0.3) is 0 Å². The maximum absolute atomic E-state index is 12.9. The number of aliphatic imine (C=N–C) groups is 1. The summed E-state index contributed by atoms with van der Waals surface area (Å²) in [5.74, 6) is -0.0961. The molecule has 0 radical (unpaired) electrons. The van der Waals surface area contributed by atoms with Crippen LogP contribution < -0.4 is 5.32 Å². The van der Waals surface area contributed by atoms with E-state index in [1.54, 1.807) is 11.1 Å². The van der Waals surface area contributed by atoms with Crippen molar-refractivity contribution in [2.24, 2.45) is 4.99 Å². The van der Waals surface area contributed by atoms with Crippen molar-refractivity contribution in [3.8, 4) is 0 Å². The average Bonchev–Trinajstić information content (AvgIpc) is 3.41. The Hall–Kier alpha value is -3.87. The Morgan fingerprint density at radius 3 is 2.83 bits per heavy atom. The van der Waals surface area contributed by atoms with Crippen LogP contribution in [0.15, 0.2) is 59.7 Å². The first-order valence-corrected chi connectivity index (χ1v) is 12.1. The zero-order valence-electron chi connectivity index (χ0n) is 19.9. The molecule has 0 saturated carbocycles. The number of Topliss-reactive ketones (excluding diaryl/α,β-unsaturated/α-hetero) is 1. The molecule has 178 valence electrons. The number of allylic oxidation sites excluding steroid dienone is 1. The molecule has 2 atom stereocenters. The molecule has 3 aliphatic rings. The van der Waals surface area contributed by atoms with Crippen molar-refractivity contribution in [1.82, 2.24) is 10.2 Å². The summed E-state index contributed by atoms with van der Waals surface area (Å²) in [7, 11) is 0. The molecular formula is C28H29N4O3+. The molecule has 35 heavy (non-hydrogen) atoms. The fourth-order valence-electron chi connectivity index (χ4n) is 5.02. The highest BCUT2D eigenvalue weighted by atomic mass is 16.2. The van der Waals surface area contributed by atoms with E-state index >= 15 is 0 Å². The summed E-state index contributed by atoms with van der Waals surface area (Å²) < 4.78 is 2.08. The number of nitrogens with zero attached hydrogens (tertiary/aromatic N) is 3. The van der Waals surface area contributed by atoms with Gasteiger partial charge in [0, 0.05) is 49.7 Å². The maximum atomic E-state index is 12.9. The van der Waals surface area contributed by atoms with Crippen LogP contribution >= 0.6 is 0 Å². The van der Waals surface area contributed by atoms with Crippen LogP contribution in [0, 0.1) is 0 Å². The molecule has 2 aromatic rings. The zero-order valence-corrected chi connectivity index (χ0v) is 19.9. The van der Waals surface area contributed by atoms with Crippen molar-refractivity contribution < 1.29 is 19.0 Å². The second kappa shape index (κ2) is 9.41. The minimum atomic E-state index is -0.464. The smallest absolute Gasteiger partial charge is 0.255 e. The van der Waals surface area contributed by atoms with E-state index < -0.39 is 6.04 Å². The van der Waals surface area contributed by atoms with Gasteiger partial charge in [-0.3, -0.25) is 14.4 Å². The van der Waals surface area contributed by atoms with Crippen LogP contribution in [-0.4, -0.2) is 51.7 Å². The topological polar surface area (TPSA) is 81.8 Å². The Kier molecular flexibility index (Phi) is 6.16. The lowest BCUT2D eigenvalue weighted by Crippen LogP contribution is -2.49. The molecule has 0 aromatic heterocycles. The molecule has 2 amide bonds. The number of piperidine rings is 1. The molecule has 5 rings (SSSR count). The molecule has 3 aliphatic heterocycles. The number of hydrogen-bond acceptors (Lipinski definition) is 4. The summed E-state index contributed by atoms with van der Waals surface area (Å²) >= 11 is 0. The highest BCUT2D eigenvalue weighted by Gasteiger charge is 2.38. The lowest BCUT2D eigenvalue weighted by molar-refractivity contribution is -0.468. The van der Waals surface area contributed by atoms with E-state index in [-0.39, 0.29) is 23.8 Å². The third kappa shape index (κ3) is 4.71. The van der Waals surface area contributed by atoms with Gasteiger partial charge < -0.3 is 10.2 Å². The van der Waals surface area contributed by atoms with Gasteiger partial charge in [-0.2, -0.15) is 4.58 Å². The number of rotatable bonds is 7. The van der Waals surface area contributed by atoms with E-state index in [0.717, 1.165) is 22.4 Å². The summed E-state index contributed by atoms with van der Waals surface area (Å²) in [5.41, 5.74) is 5.31. The number of amides is 2. The maximum Gasteiger partial charge on any atom is 0.255 e. The van der Waals surface area contributed by atoms with Crippen molar-refractivity contribution in [3.63, 3.8) is 0 Å². The first-order valence-electron chi connectivity index (χ1n) is 12.1. The van der Waals surface area contributed by atoms with Gasteiger partial charge >= 0.3 is 0 Å². The molecule has 7 nitrogen and oxygen atoms in total. The van der Waals surface area contributed by atoms with Crippen LogP contribution in [-0.2, 0) is 29.0 Å². The SMILES string of the molecule is C=C1CCC(N2Cc3cc(CCC(=O)Cc4cccc([N+]5=CC=NC5C)c4)ccc3C2=O)C(=O)N1. The normalized spacial score (nSPS) is 21.2. The number of fused-ring (bicyclic) bond motifs is 1. The van der Waals surface area contributed by atoms with Crippen LogP contribution in [0.3, 0.4) is 0 Å². The van der Waals surface area contributed by atoms with Crippen molar-refractivity contribution in [3.05, 3.63) is 77.0 Å². The Balaban J connectivity index is 1.19. The second-order valence-corrected chi connectivity index (χ2v) is 9.44. The average molecular weight is 470 g/mol. The van der Waals surface area contributed by atoms with Gasteiger partial charge in [-0.1, -0.05) is 30.8 Å². The van der Waals surface area contributed by atoms with Crippen molar-refractivity contribution in [2.75, 3.05) is 0 Å². The summed E-state index contributed by atoms with van der Waals surface area (Å²) in [4.78, 5) is 44.0. The molecule has 7 heteroatoms. The van der Waals surface area contributed by atoms with E-state index in [4.69, 9.17) is 0 Å². The number of hydrogen-bond donors (Lipinski definition) is 1. The number of ketones is 1. The highest BCUT2D eigenvalue weighted by Crippen LogP contribution is 2.29. The molecule has 3 heterocycles. The Morgan fingerprint density at radius 1 is 1.20 bits per heavy atom. The molecule has 1 saturated heterocycles. The van der Waals surface area contributed by atoms with E-state index in [2.05, 4.69) is 21.5 Å². The first-order chi connectivity index (χ1) is 16.9. The molecule has 1 fully saturated rings. The van der Waals surface area contributed by atoms with E-state index in [9.17, 15) is 14.4 Å². The predicted molar refractivity (Wildman–Crippen MR) is 134 cm³/mol. The number of aryl methyl sites for hydroxylation is 1. The lowest BCUT2D eigenvalue weighted by Gasteiger charge is -2.30. The van der Waals surface area contributed by atoms with E-state index in [1.165, 1.54) is 0 Å². The summed E-state index contributed by atoms with van der Waals surface area (Å²) in [6, 6.07) is 13.3. The van der Waals surface area contributed by atoms with Gasteiger partial charge in [-0.15, -0.1) is 0 Å². The minimum Gasteiger partial charge on any atom is -0.329 e. The third-order valence-corrected chi connectivity index (χ3v) is 6.93. The fraction of sp³-hybridized carbons (Fsp3) is 0.321. The number of nitrogens with one attached hydrogen (secondary N) is 1. The van der Waals surface area contributed by atoms with Crippen LogP contribution in [0.4, 0.5) is 5.69 Å². The Bertz CT molecular complexity index is 1290. The fourth-order valence-corrected chi connectivity index (χ4v) is 5.02. The quantitative estimate of drug-likeness (QED) is 0.632. The van der Waals surface area contributed by atoms with Crippen molar-refractivity contribution in [2.45, 2.75) is 57.8 Å². The van der Waals surface area contributed by atoms with Crippen LogP contribution in [0.5, 0.6) is 0 Å². The van der Waals surface area contributed by atoms with Crippen molar-refractivity contribution >= 4 is 35.7 Å². The molecule has 0 spiro atoms. The highest BCUT2D eigenvalue weighted by molar-refractivity contribution is 6.14. The first kappa shape index (κ1) is 22.9. The minimum absolute atomic E-state index is 0.0653. The Morgan fingerprint density at radius 2 is 2.06 bits per heavy atom. The largest absolute Gasteiger partial charge is 0.329 e. The molecule has 1 N–H and O–H groups in total. The molecule has 2 unspecified atom stereocenters. The van der Waals surface area contributed by atoms with Gasteiger partial charge in [0.15, 0.2) is 6.21 Å². The molecule has 0 bridgehead atoms. The summed E-state index contributed by atoms with van der Waals surface area (Å²) in [6.45, 7) is 6.26. The summed E-state index contributed by atoms with van der Waals surface area (Å²) in [5, 5.41) is 2.76. The number of carbonyl (C=O) groups excluding carboxylic acids is 3. The third-order valence-electron chi connectivity index (χ3n) is 6.93. The molecular weight excluding hydrogens is 440 g/mol. The van der Waals surface area contributed by atoms with Gasteiger partial charge in [0.2, 0.25) is 17.8 Å². The van der Waals surface area contributed by atoms with Gasteiger partial charge in [0.1, 0.15) is 11.8 Å². The van der Waals surface area contributed by atoms with E-state index in [1.807, 2.05) is 55.6 Å². The van der Waals surface area contributed by atoms with Crippen molar-refractivity contribution in [1.29, 1.82) is 0 Å². The van der Waals surface area contributed by atoms with Gasteiger partial charge in [0.05, 0.1) is 6.21 Å². The van der Waals surface area contributed by atoms with Gasteiger partial charge in [0.25, 0.3) is 5.91 Å².